The minimum atomic E-state index is 0.146. The van der Waals surface area contributed by atoms with Gasteiger partial charge in [0.15, 0.2) is 0 Å². The third-order valence-electron chi connectivity index (χ3n) is 5.66. The van der Waals surface area contributed by atoms with Crippen molar-refractivity contribution in [1.82, 2.24) is 9.88 Å². The first kappa shape index (κ1) is 13.2. The molecule has 2 saturated heterocycles. The Bertz CT molecular complexity index is 640. The maximum absolute atomic E-state index is 6.61. The number of nitrogens with zero attached hydrogens (tertiary/aromatic N) is 2. The van der Waals surface area contributed by atoms with E-state index in [1.54, 1.807) is 0 Å². The number of piperidine rings is 1. The Morgan fingerprint density at radius 1 is 1.19 bits per heavy atom. The molecule has 3 heterocycles. The zero-order valence-corrected chi connectivity index (χ0v) is 12.6. The summed E-state index contributed by atoms with van der Waals surface area (Å²) in [4.78, 5) is 7.03. The molecule has 2 aromatic rings. The lowest BCUT2D eigenvalue weighted by molar-refractivity contribution is 0.121. The van der Waals surface area contributed by atoms with Crippen LogP contribution in [-0.2, 0) is 0 Å². The molecule has 110 valence electrons. The SMILES string of the molecule is CN1C2CCC1CC(C(N)c1ccc3cccnc3c1)C2. The van der Waals surface area contributed by atoms with Gasteiger partial charge < -0.3 is 10.6 Å². The van der Waals surface area contributed by atoms with Crippen LogP contribution in [0.3, 0.4) is 0 Å². The van der Waals surface area contributed by atoms with Crippen molar-refractivity contribution in [3.63, 3.8) is 0 Å². The van der Waals surface area contributed by atoms with Gasteiger partial charge in [-0.25, -0.2) is 0 Å². The van der Waals surface area contributed by atoms with Crippen molar-refractivity contribution in [1.29, 1.82) is 0 Å². The zero-order chi connectivity index (χ0) is 14.4. The smallest absolute Gasteiger partial charge is 0.0705 e. The van der Waals surface area contributed by atoms with E-state index in [9.17, 15) is 0 Å². The first-order chi connectivity index (χ1) is 10.2. The van der Waals surface area contributed by atoms with Crippen LogP contribution in [0.5, 0.6) is 0 Å². The van der Waals surface area contributed by atoms with Crippen LogP contribution in [0.2, 0.25) is 0 Å². The lowest BCUT2D eigenvalue weighted by atomic mass is 9.82. The number of pyridine rings is 1. The van der Waals surface area contributed by atoms with Crippen molar-refractivity contribution < 1.29 is 0 Å². The average molecular weight is 281 g/mol. The van der Waals surface area contributed by atoms with Crippen molar-refractivity contribution in [3.8, 4) is 0 Å². The molecule has 0 saturated carbocycles. The molecular formula is C18H23N3. The van der Waals surface area contributed by atoms with Crippen molar-refractivity contribution in [2.24, 2.45) is 11.7 Å². The van der Waals surface area contributed by atoms with Gasteiger partial charge in [-0.2, -0.15) is 0 Å². The zero-order valence-electron chi connectivity index (χ0n) is 12.6. The molecule has 0 spiro atoms. The molecule has 3 nitrogen and oxygen atoms in total. The molecule has 2 bridgehead atoms. The number of rotatable bonds is 2. The Balaban J connectivity index is 1.60. The molecule has 3 unspecified atom stereocenters. The van der Waals surface area contributed by atoms with Crippen LogP contribution in [0.4, 0.5) is 0 Å². The fourth-order valence-electron chi connectivity index (χ4n) is 4.31. The Hall–Kier alpha value is -1.45. The highest BCUT2D eigenvalue weighted by Crippen LogP contribution is 2.41. The molecule has 2 N–H and O–H groups in total. The van der Waals surface area contributed by atoms with E-state index in [0.29, 0.717) is 5.92 Å². The maximum atomic E-state index is 6.61. The third-order valence-corrected chi connectivity index (χ3v) is 5.66. The van der Waals surface area contributed by atoms with Gasteiger partial charge in [-0.15, -0.1) is 0 Å². The van der Waals surface area contributed by atoms with Gasteiger partial charge in [0.05, 0.1) is 5.52 Å². The molecule has 0 amide bonds. The molecule has 1 aromatic carbocycles. The molecule has 3 atom stereocenters. The van der Waals surface area contributed by atoms with Crippen LogP contribution in [0, 0.1) is 5.92 Å². The first-order valence-electron chi connectivity index (χ1n) is 8.04. The fraction of sp³-hybridized carbons (Fsp3) is 0.500. The van der Waals surface area contributed by atoms with Gasteiger partial charge in [0, 0.05) is 29.7 Å². The summed E-state index contributed by atoms with van der Waals surface area (Å²) in [6.45, 7) is 0. The molecular weight excluding hydrogens is 258 g/mol. The normalized spacial score (nSPS) is 30.7. The minimum Gasteiger partial charge on any atom is -0.324 e. The van der Waals surface area contributed by atoms with Crippen LogP contribution in [0.25, 0.3) is 10.9 Å². The molecule has 3 heteroatoms. The summed E-state index contributed by atoms with van der Waals surface area (Å²) in [5.41, 5.74) is 8.91. The van der Waals surface area contributed by atoms with Gasteiger partial charge in [-0.3, -0.25) is 4.98 Å². The van der Waals surface area contributed by atoms with Gasteiger partial charge in [0.2, 0.25) is 0 Å². The quantitative estimate of drug-likeness (QED) is 0.919. The second kappa shape index (κ2) is 5.08. The highest BCUT2D eigenvalue weighted by atomic mass is 15.2. The first-order valence-corrected chi connectivity index (χ1v) is 8.04. The van der Waals surface area contributed by atoms with E-state index >= 15 is 0 Å². The highest BCUT2D eigenvalue weighted by molar-refractivity contribution is 5.78. The van der Waals surface area contributed by atoms with E-state index in [4.69, 9.17) is 5.73 Å². The summed E-state index contributed by atoms with van der Waals surface area (Å²) in [7, 11) is 2.28. The number of aromatic nitrogens is 1. The Morgan fingerprint density at radius 3 is 2.71 bits per heavy atom. The summed E-state index contributed by atoms with van der Waals surface area (Å²) in [6.07, 6.45) is 7.05. The number of fused-ring (bicyclic) bond motifs is 3. The molecule has 0 aliphatic carbocycles. The van der Waals surface area contributed by atoms with Crippen molar-refractivity contribution in [2.75, 3.05) is 7.05 Å². The Labute approximate surface area is 126 Å². The summed E-state index contributed by atoms with van der Waals surface area (Å²) in [6, 6.07) is 12.3. The number of nitrogens with two attached hydrogens (primary N) is 1. The summed E-state index contributed by atoms with van der Waals surface area (Å²) in [5, 5.41) is 1.19. The standard InChI is InChI=1S/C18H23N3/c1-21-15-6-7-16(21)10-14(9-15)18(19)13-5-4-12-3-2-8-20-17(12)11-13/h2-5,8,11,14-16,18H,6-7,9-10,19H2,1H3. The third kappa shape index (κ3) is 2.25. The summed E-state index contributed by atoms with van der Waals surface area (Å²) >= 11 is 0. The van der Waals surface area contributed by atoms with Gasteiger partial charge in [-0.05, 0) is 56.3 Å². The molecule has 2 fully saturated rings. The fourth-order valence-corrected chi connectivity index (χ4v) is 4.31. The Morgan fingerprint density at radius 2 is 1.95 bits per heavy atom. The lowest BCUT2D eigenvalue weighted by Gasteiger charge is -2.38. The van der Waals surface area contributed by atoms with E-state index in [-0.39, 0.29) is 6.04 Å². The van der Waals surface area contributed by atoms with Crippen molar-refractivity contribution >= 4 is 10.9 Å². The van der Waals surface area contributed by atoms with E-state index < -0.39 is 0 Å². The van der Waals surface area contributed by atoms with E-state index in [0.717, 1.165) is 17.6 Å². The van der Waals surface area contributed by atoms with Crippen LogP contribution in [-0.4, -0.2) is 29.0 Å². The lowest BCUT2D eigenvalue weighted by Crippen LogP contribution is -2.42. The van der Waals surface area contributed by atoms with Crippen LogP contribution >= 0.6 is 0 Å². The van der Waals surface area contributed by atoms with Gasteiger partial charge in [-0.1, -0.05) is 18.2 Å². The van der Waals surface area contributed by atoms with E-state index in [1.807, 2.05) is 12.3 Å². The topological polar surface area (TPSA) is 42.1 Å². The maximum Gasteiger partial charge on any atom is 0.0705 e. The molecule has 2 aliphatic heterocycles. The van der Waals surface area contributed by atoms with Crippen molar-refractivity contribution in [3.05, 3.63) is 42.1 Å². The Kier molecular flexibility index (Phi) is 3.20. The summed E-state index contributed by atoms with van der Waals surface area (Å²) < 4.78 is 0. The van der Waals surface area contributed by atoms with Gasteiger partial charge in [0.25, 0.3) is 0 Å². The molecule has 2 aliphatic rings. The van der Waals surface area contributed by atoms with Crippen LogP contribution in [0.1, 0.15) is 37.3 Å². The number of hydrogen-bond acceptors (Lipinski definition) is 3. The predicted octanol–water partition coefficient (Wildman–Crippen LogP) is 3.11. The number of hydrogen-bond donors (Lipinski definition) is 1. The van der Waals surface area contributed by atoms with Gasteiger partial charge >= 0.3 is 0 Å². The second-order valence-corrected chi connectivity index (χ2v) is 6.76. The van der Waals surface area contributed by atoms with Gasteiger partial charge in [0.1, 0.15) is 0 Å². The van der Waals surface area contributed by atoms with E-state index in [2.05, 4.69) is 41.2 Å². The number of benzene rings is 1. The molecule has 0 radical (unpaired) electrons. The van der Waals surface area contributed by atoms with Crippen LogP contribution < -0.4 is 5.73 Å². The predicted molar refractivity (Wildman–Crippen MR) is 86.0 cm³/mol. The minimum absolute atomic E-state index is 0.146. The molecule has 4 rings (SSSR count). The molecule has 21 heavy (non-hydrogen) atoms. The average Bonchev–Trinajstić information content (AvgIpc) is 2.75. The summed E-state index contributed by atoms with van der Waals surface area (Å²) in [5.74, 6) is 0.611. The van der Waals surface area contributed by atoms with Crippen LogP contribution in [0.15, 0.2) is 36.5 Å². The molecule has 1 aromatic heterocycles. The van der Waals surface area contributed by atoms with E-state index in [1.165, 1.54) is 36.6 Å². The highest BCUT2D eigenvalue weighted by Gasteiger charge is 2.40. The monoisotopic (exact) mass is 281 g/mol. The second-order valence-electron chi connectivity index (χ2n) is 6.76. The largest absolute Gasteiger partial charge is 0.324 e. The van der Waals surface area contributed by atoms with Crippen molar-refractivity contribution in [2.45, 2.75) is 43.8 Å².